The van der Waals surface area contributed by atoms with Crippen molar-refractivity contribution in [3.8, 4) is 0 Å². The van der Waals surface area contributed by atoms with Crippen LogP contribution in [0.25, 0.3) is 0 Å². The fraction of sp³-hybridized carbons (Fsp3) is 0.533. The Morgan fingerprint density at radius 2 is 1.95 bits per heavy atom. The van der Waals surface area contributed by atoms with Gasteiger partial charge in [0.25, 0.3) is 0 Å². The average Bonchev–Trinajstić information content (AvgIpc) is 3.04. The van der Waals surface area contributed by atoms with Crippen LogP contribution in [0.3, 0.4) is 0 Å². The number of carbonyl (C=O) groups excluding carboxylic acids is 1. The van der Waals surface area contributed by atoms with E-state index in [9.17, 15) is 4.79 Å². The number of amides is 2. The lowest BCUT2D eigenvalue weighted by Crippen LogP contribution is -2.28. The van der Waals surface area contributed by atoms with Crippen molar-refractivity contribution in [2.45, 2.75) is 52.5 Å². The predicted octanol–water partition coefficient (Wildman–Crippen LogP) is 3.41. The molecule has 0 radical (unpaired) electrons. The molecule has 2 rings (SSSR count). The zero-order valence-electron chi connectivity index (χ0n) is 13.6. The van der Waals surface area contributed by atoms with E-state index in [1.54, 1.807) is 6.07 Å². The summed E-state index contributed by atoms with van der Waals surface area (Å²) in [6.45, 7) is 10.3. The summed E-state index contributed by atoms with van der Waals surface area (Å²) in [7, 11) is 0. The standard InChI is InChI=1S/C15H22N4O3/c1-9(2)11-6-10(21-18-11)8-16-14(20)17-13-7-12(22-19-13)15(3,4)5/h6-7,9H,8H2,1-5H3,(H2,16,17,19,20). The van der Waals surface area contributed by atoms with Crippen LogP contribution in [0.15, 0.2) is 21.2 Å². The highest BCUT2D eigenvalue weighted by molar-refractivity contribution is 5.88. The zero-order chi connectivity index (χ0) is 16.3. The van der Waals surface area contributed by atoms with E-state index in [1.807, 2.05) is 40.7 Å². The Labute approximate surface area is 129 Å². The first-order chi connectivity index (χ1) is 10.3. The summed E-state index contributed by atoms with van der Waals surface area (Å²) in [5.74, 6) is 1.98. The van der Waals surface area contributed by atoms with E-state index in [2.05, 4.69) is 20.9 Å². The normalized spacial score (nSPS) is 11.7. The van der Waals surface area contributed by atoms with Crippen LogP contribution < -0.4 is 10.6 Å². The van der Waals surface area contributed by atoms with E-state index in [4.69, 9.17) is 9.05 Å². The highest BCUT2D eigenvalue weighted by atomic mass is 16.5. The Kier molecular flexibility index (Phi) is 4.54. The SMILES string of the molecule is CC(C)c1cc(CNC(=O)Nc2cc(C(C)(C)C)on2)on1. The molecule has 0 saturated carbocycles. The second-order valence-electron chi connectivity index (χ2n) is 6.51. The lowest BCUT2D eigenvalue weighted by molar-refractivity contribution is 0.249. The van der Waals surface area contributed by atoms with E-state index in [-0.39, 0.29) is 23.9 Å². The summed E-state index contributed by atoms with van der Waals surface area (Å²) in [6, 6.07) is 3.17. The minimum Gasteiger partial charge on any atom is -0.359 e. The molecule has 2 amide bonds. The van der Waals surface area contributed by atoms with E-state index in [0.29, 0.717) is 17.3 Å². The molecular formula is C15H22N4O3. The van der Waals surface area contributed by atoms with E-state index in [0.717, 1.165) is 5.69 Å². The van der Waals surface area contributed by atoms with Crippen LogP contribution in [-0.2, 0) is 12.0 Å². The second kappa shape index (κ2) is 6.21. The molecule has 0 aliphatic rings. The fourth-order valence-electron chi connectivity index (χ4n) is 1.70. The van der Waals surface area contributed by atoms with E-state index >= 15 is 0 Å². The Bertz CT molecular complexity index is 637. The molecule has 7 nitrogen and oxygen atoms in total. The third-order valence-corrected chi connectivity index (χ3v) is 3.08. The molecule has 7 heteroatoms. The molecule has 2 aromatic heterocycles. The summed E-state index contributed by atoms with van der Waals surface area (Å²) in [4.78, 5) is 11.8. The van der Waals surface area contributed by atoms with E-state index in [1.165, 1.54) is 0 Å². The number of rotatable bonds is 4. The van der Waals surface area contributed by atoms with Crippen LogP contribution in [0.5, 0.6) is 0 Å². The van der Waals surface area contributed by atoms with Gasteiger partial charge in [-0.1, -0.05) is 44.9 Å². The summed E-state index contributed by atoms with van der Waals surface area (Å²) >= 11 is 0. The minimum absolute atomic E-state index is 0.156. The molecule has 0 spiro atoms. The number of anilines is 1. The maximum Gasteiger partial charge on any atom is 0.320 e. The molecule has 0 unspecified atom stereocenters. The van der Waals surface area contributed by atoms with Gasteiger partial charge in [-0.2, -0.15) is 0 Å². The van der Waals surface area contributed by atoms with Crippen molar-refractivity contribution in [3.63, 3.8) is 0 Å². The predicted molar refractivity (Wildman–Crippen MR) is 81.7 cm³/mol. The molecule has 2 N–H and O–H groups in total. The summed E-state index contributed by atoms with van der Waals surface area (Å²) in [6.07, 6.45) is 0. The van der Waals surface area contributed by atoms with Crippen molar-refractivity contribution in [3.05, 3.63) is 29.3 Å². The molecule has 120 valence electrons. The minimum atomic E-state index is -0.378. The molecule has 0 fully saturated rings. The van der Waals surface area contributed by atoms with Crippen molar-refractivity contribution < 1.29 is 13.8 Å². The quantitative estimate of drug-likeness (QED) is 0.903. The van der Waals surface area contributed by atoms with Gasteiger partial charge in [0, 0.05) is 17.5 Å². The van der Waals surface area contributed by atoms with Crippen molar-refractivity contribution in [1.29, 1.82) is 0 Å². The number of carbonyl (C=O) groups is 1. The average molecular weight is 306 g/mol. The highest BCUT2D eigenvalue weighted by Crippen LogP contribution is 2.24. The van der Waals surface area contributed by atoms with Crippen LogP contribution in [0.1, 0.15) is 57.8 Å². The molecular weight excluding hydrogens is 284 g/mol. The van der Waals surface area contributed by atoms with Gasteiger partial charge in [-0.25, -0.2) is 4.79 Å². The molecule has 0 atom stereocenters. The molecule has 22 heavy (non-hydrogen) atoms. The maximum absolute atomic E-state index is 11.8. The Balaban J connectivity index is 1.86. The monoisotopic (exact) mass is 306 g/mol. The Morgan fingerprint density at radius 1 is 1.23 bits per heavy atom. The largest absolute Gasteiger partial charge is 0.359 e. The lowest BCUT2D eigenvalue weighted by atomic mass is 9.93. The third kappa shape index (κ3) is 4.09. The first kappa shape index (κ1) is 16.1. The van der Waals surface area contributed by atoms with Gasteiger partial charge in [0.1, 0.15) is 5.76 Å². The fourth-order valence-corrected chi connectivity index (χ4v) is 1.70. The van der Waals surface area contributed by atoms with Crippen LogP contribution in [0.4, 0.5) is 10.6 Å². The number of urea groups is 1. The molecule has 0 aliphatic heterocycles. The number of hydrogen-bond acceptors (Lipinski definition) is 5. The lowest BCUT2D eigenvalue weighted by Gasteiger charge is -2.12. The van der Waals surface area contributed by atoms with Crippen LogP contribution in [0, 0.1) is 0 Å². The van der Waals surface area contributed by atoms with Crippen molar-refractivity contribution in [2.75, 3.05) is 5.32 Å². The van der Waals surface area contributed by atoms with Gasteiger partial charge in [-0.3, -0.25) is 5.32 Å². The zero-order valence-corrected chi connectivity index (χ0v) is 13.6. The van der Waals surface area contributed by atoms with Gasteiger partial charge in [-0.15, -0.1) is 0 Å². The molecule has 0 aromatic carbocycles. The van der Waals surface area contributed by atoms with E-state index < -0.39 is 0 Å². The van der Waals surface area contributed by atoms with Crippen molar-refractivity contribution in [1.82, 2.24) is 15.6 Å². The Morgan fingerprint density at radius 3 is 2.50 bits per heavy atom. The van der Waals surface area contributed by atoms with Crippen molar-refractivity contribution >= 4 is 11.8 Å². The molecule has 2 heterocycles. The molecule has 0 saturated heterocycles. The summed E-state index contributed by atoms with van der Waals surface area (Å²) in [5.41, 5.74) is 0.708. The van der Waals surface area contributed by atoms with Gasteiger partial charge >= 0.3 is 6.03 Å². The maximum atomic E-state index is 11.8. The van der Waals surface area contributed by atoms with Crippen molar-refractivity contribution in [2.24, 2.45) is 0 Å². The first-order valence-electron chi connectivity index (χ1n) is 7.23. The Hall–Kier alpha value is -2.31. The van der Waals surface area contributed by atoms with Gasteiger partial charge in [-0.05, 0) is 5.92 Å². The first-order valence-corrected chi connectivity index (χ1v) is 7.23. The topological polar surface area (TPSA) is 93.2 Å². The van der Waals surface area contributed by atoms with Crippen LogP contribution in [0.2, 0.25) is 0 Å². The van der Waals surface area contributed by atoms with Crippen LogP contribution >= 0.6 is 0 Å². The molecule has 2 aromatic rings. The third-order valence-electron chi connectivity index (χ3n) is 3.08. The number of hydrogen-bond donors (Lipinski definition) is 2. The second-order valence-corrected chi connectivity index (χ2v) is 6.51. The number of nitrogens with zero attached hydrogens (tertiary/aromatic N) is 2. The van der Waals surface area contributed by atoms with Crippen LogP contribution in [-0.4, -0.2) is 16.3 Å². The highest BCUT2D eigenvalue weighted by Gasteiger charge is 2.20. The summed E-state index contributed by atoms with van der Waals surface area (Å²) in [5, 5.41) is 13.1. The number of aromatic nitrogens is 2. The summed E-state index contributed by atoms with van der Waals surface area (Å²) < 4.78 is 10.4. The molecule has 0 aliphatic carbocycles. The van der Waals surface area contributed by atoms with Gasteiger partial charge < -0.3 is 14.4 Å². The van der Waals surface area contributed by atoms with Gasteiger partial charge in [0.2, 0.25) is 0 Å². The van der Waals surface area contributed by atoms with Gasteiger partial charge in [0.15, 0.2) is 11.6 Å². The molecule has 0 bridgehead atoms. The number of nitrogens with one attached hydrogen (secondary N) is 2. The van der Waals surface area contributed by atoms with Gasteiger partial charge in [0.05, 0.1) is 12.2 Å². The smallest absolute Gasteiger partial charge is 0.320 e.